The zero-order valence-electron chi connectivity index (χ0n) is 9.61. The molecule has 0 aliphatic carbocycles. The van der Waals surface area contributed by atoms with Gasteiger partial charge in [-0.05, 0) is 31.0 Å². The van der Waals surface area contributed by atoms with E-state index >= 15 is 0 Å². The van der Waals surface area contributed by atoms with Crippen LogP contribution in [-0.2, 0) is 0 Å². The average Bonchev–Trinajstić information content (AvgIpc) is 2.38. The third-order valence-electron chi connectivity index (χ3n) is 2.22. The molecule has 0 aromatic carbocycles. The van der Waals surface area contributed by atoms with Gasteiger partial charge in [0.1, 0.15) is 0 Å². The number of allylic oxidation sites excluding steroid dienone is 4. The summed E-state index contributed by atoms with van der Waals surface area (Å²) >= 11 is 6.28. The summed E-state index contributed by atoms with van der Waals surface area (Å²) in [7, 11) is 0. The predicted molar refractivity (Wildman–Crippen MR) is 73.9 cm³/mol. The minimum atomic E-state index is 0.207. The van der Waals surface area contributed by atoms with Crippen LogP contribution in [0.1, 0.15) is 20.8 Å². The molecular weight excluding hydrogens is 222 g/mol. The van der Waals surface area contributed by atoms with Crippen molar-refractivity contribution in [2.45, 2.75) is 26.0 Å². The van der Waals surface area contributed by atoms with Crippen LogP contribution in [0.25, 0.3) is 0 Å². The Balaban J connectivity index is 3.31. The summed E-state index contributed by atoms with van der Waals surface area (Å²) in [6.45, 7) is 6.39. The number of hydrogen-bond donors (Lipinski definition) is 1. The maximum Gasteiger partial charge on any atom is 0.0583 e. The van der Waals surface area contributed by atoms with Crippen LogP contribution in [0.5, 0.6) is 0 Å². The first kappa shape index (κ1) is 12.7. The molecular formula is C12H17NS2. The van der Waals surface area contributed by atoms with Crippen LogP contribution in [0, 0.1) is 5.92 Å². The fraction of sp³-hybridized carbons (Fsp3) is 0.500. The first-order valence-electron chi connectivity index (χ1n) is 5.04. The van der Waals surface area contributed by atoms with Gasteiger partial charge in [-0.2, -0.15) is 12.6 Å². The average molecular weight is 239 g/mol. The molecule has 0 fully saturated rings. The zero-order chi connectivity index (χ0) is 11.4. The van der Waals surface area contributed by atoms with E-state index in [1.54, 1.807) is 11.8 Å². The summed E-state index contributed by atoms with van der Waals surface area (Å²) in [4.78, 5) is 5.63. The van der Waals surface area contributed by atoms with E-state index in [1.807, 2.05) is 6.08 Å². The van der Waals surface area contributed by atoms with Crippen LogP contribution in [-0.4, -0.2) is 17.4 Å². The van der Waals surface area contributed by atoms with Crippen molar-refractivity contribution in [1.29, 1.82) is 0 Å². The zero-order valence-corrected chi connectivity index (χ0v) is 11.3. The highest BCUT2D eigenvalue weighted by Crippen LogP contribution is 2.33. The van der Waals surface area contributed by atoms with Crippen molar-refractivity contribution in [2.75, 3.05) is 6.26 Å². The Morgan fingerprint density at radius 1 is 1.40 bits per heavy atom. The topological polar surface area (TPSA) is 12.4 Å². The summed E-state index contributed by atoms with van der Waals surface area (Å²) in [5.74, 6) is 3.35. The normalized spacial score (nSPS) is 18.1. The second-order valence-electron chi connectivity index (χ2n) is 3.77. The molecule has 1 rings (SSSR count). The largest absolute Gasteiger partial charge is 0.210 e. The van der Waals surface area contributed by atoms with Gasteiger partial charge in [-0.1, -0.05) is 13.8 Å². The molecule has 0 N–H and O–H groups in total. The highest BCUT2D eigenvalue weighted by Gasteiger charge is 2.18. The monoisotopic (exact) mass is 239 g/mol. The van der Waals surface area contributed by atoms with Gasteiger partial charge in [-0.25, -0.2) is 4.99 Å². The van der Waals surface area contributed by atoms with E-state index in [-0.39, 0.29) is 5.25 Å². The lowest BCUT2D eigenvalue weighted by Gasteiger charge is -2.17. The molecule has 0 radical (unpaired) electrons. The van der Waals surface area contributed by atoms with Gasteiger partial charge in [0.05, 0.1) is 5.70 Å². The Morgan fingerprint density at radius 3 is 2.53 bits per heavy atom. The Kier molecular flexibility index (Phi) is 4.78. The molecule has 0 saturated heterocycles. The molecule has 0 aromatic heterocycles. The van der Waals surface area contributed by atoms with Gasteiger partial charge in [0.2, 0.25) is 0 Å². The number of thioether (sulfide) groups is 1. The number of aliphatic imine (C=N–C) groups is 1. The molecule has 1 aliphatic rings. The molecule has 0 saturated carbocycles. The molecule has 0 spiro atoms. The van der Waals surface area contributed by atoms with Gasteiger partial charge in [0.15, 0.2) is 0 Å². The molecule has 1 aliphatic heterocycles. The van der Waals surface area contributed by atoms with Crippen molar-refractivity contribution in [1.82, 2.24) is 0 Å². The summed E-state index contributed by atoms with van der Waals surface area (Å²) in [6, 6.07) is 0. The molecule has 0 amide bonds. The highest BCUT2D eigenvalue weighted by atomic mass is 32.2. The van der Waals surface area contributed by atoms with E-state index in [0.717, 1.165) is 5.70 Å². The van der Waals surface area contributed by atoms with E-state index in [0.29, 0.717) is 5.92 Å². The third-order valence-corrected chi connectivity index (χ3v) is 3.27. The lowest BCUT2D eigenvalue weighted by Crippen LogP contribution is -2.06. The van der Waals surface area contributed by atoms with Crippen LogP contribution < -0.4 is 0 Å². The molecule has 0 aromatic rings. The highest BCUT2D eigenvalue weighted by molar-refractivity contribution is 8.02. The van der Waals surface area contributed by atoms with E-state index in [2.05, 4.69) is 56.6 Å². The number of nitrogens with zero attached hydrogens (tertiary/aromatic N) is 1. The van der Waals surface area contributed by atoms with E-state index in [9.17, 15) is 0 Å². The Bertz CT molecular complexity index is 356. The van der Waals surface area contributed by atoms with E-state index in [1.165, 1.54) is 10.5 Å². The van der Waals surface area contributed by atoms with Gasteiger partial charge in [-0.15, -0.1) is 11.8 Å². The van der Waals surface area contributed by atoms with Crippen LogP contribution in [0.4, 0.5) is 0 Å². The van der Waals surface area contributed by atoms with Crippen LogP contribution in [0.2, 0.25) is 0 Å². The van der Waals surface area contributed by atoms with Gasteiger partial charge < -0.3 is 0 Å². The molecule has 1 unspecified atom stereocenters. The lowest BCUT2D eigenvalue weighted by atomic mass is 10.0. The fourth-order valence-corrected chi connectivity index (χ4v) is 2.60. The summed E-state index contributed by atoms with van der Waals surface area (Å²) < 4.78 is 0. The molecule has 82 valence electrons. The van der Waals surface area contributed by atoms with Gasteiger partial charge in [0.25, 0.3) is 0 Å². The first-order valence-corrected chi connectivity index (χ1v) is 6.78. The van der Waals surface area contributed by atoms with Gasteiger partial charge in [0, 0.05) is 21.8 Å². The van der Waals surface area contributed by atoms with Crippen LogP contribution in [0.3, 0.4) is 0 Å². The van der Waals surface area contributed by atoms with Crippen LogP contribution >= 0.6 is 24.4 Å². The van der Waals surface area contributed by atoms with Crippen molar-refractivity contribution >= 4 is 30.3 Å². The molecule has 1 nitrogen and oxygen atoms in total. The van der Waals surface area contributed by atoms with Gasteiger partial charge >= 0.3 is 0 Å². The molecule has 0 bridgehead atoms. The molecule has 1 heterocycles. The Labute approximate surface area is 102 Å². The van der Waals surface area contributed by atoms with Crippen molar-refractivity contribution in [3.63, 3.8) is 0 Å². The number of hydrogen-bond acceptors (Lipinski definition) is 3. The summed E-state index contributed by atoms with van der Waals surface area (Å²) in [5.41, 5.74) is 2.34. The quantitative estimate of drug-likeness (QED) is 0.741. The van der Waals surface area contributed by atoms with Crippen LogP contribution in [0.15, 0.2) is 33.3 Å². The van der Waals surface area contributed by atoms with Crippen molar-refractivity contribution in [3.05, 3.63) is 28.3 Å². The standard InChI is InChI=1S/C12H17NS2/c1-8(2)12-11(9(3)14)10(15-4)6-5-7-13-12/h5-6,8-9,14H,1-4H3. The third kappa shape index (κ3) is 3.04. The van der Waals surface area contributed by atoms with E-state index < -0.39 is 0 Å². The smallest absolute Gasteiger partial charge is 0.0583 e. The molecule has 15 heavy (non-hydrogen) atoms. The minimum Gasteiger partial charge on any atom is -0.210 e. The Morgan fingerprint density at radius 2 is 2.07 bits per heavy atom. The molecule has 3 heteroatoms. The number of rotatable bonds is 3. The second kappa shape index (κ2) is 5.64. The maximum absolute atomic E-state index is 4.54. The van der Waals surface area contributed by atoms with Gasteiger partial charge in [-0.3, -0.25) is 0 Å². The fourth-order valence-electron chi connectivity index (χ4n) is 1.53. The summed E-state index contributed by atoms with van der Waals surface area (Å²) in [6.07, 6.45) is 6.02. The van der Waals surface area contributed by atoms with Crippen molar-refractivity contribution < 1.29 is 0 Å². The summed E-state index contributed by atoms with van der Waals surface area (Å²) in [5, 5.41) is 0.207. The number of thiol groups is 1. The lowest BCUT2D eigenvalue weighted by molar-refractivity contribution is 0.745. The first-order chi connectivity index (χ1) is 7.07. The second-order valence-corrected chi connectivity index (χ2v) is 5.39. The SMILES string of the molecule is CSC1=CC=C=NC(C(C)C)=C1C(C)S. The predicted octanol–water partition coefficient (Wildman–Crippen LogP) is 3.70. The Hall–Kier alpha value is -0.370. The maximum atomic E-state index is 4.54. The molecule has 1 atom stereocenters. The van der Waals surface area contributed by atoms with Crippen molar-refractivity contribution in [3.8, 4) is 0 Å². The van der Waals surface area contributed by atoms with E-state index in [4.69, 9.17) is 0 Å². The minimum absolute atomic E-state index is 0.207. The van der Waals surface area contributed by atoms with Crippen molar-refractivity contribution in [2.24, 2.45) is 10.9 Å².